The second kappa shape index (κ2) is 7.16. The van der Waals surface area contributed by atoms with Crippen LogP contribution in [0.1, 0.15) is 51.2 Å². The second-order valence-corrected chi connectivity index (χ2v) is 7.80. The summed E-state index contributed by atoms with van der Waals surface area (Å²) in [5, 5.41) is 0. The van der Waals surface area contributed by atoms with E-state index < -0.39 is 11.8 Å². The van der Waals surface area contributed by atoms with Crippen LogP contribution in [0.4, 0.5) is 0 Å². The number of fused-ring (bicyclic) bond motifs is 3. The monoisotopic (exact) mass is 406 g/mol. The normalized spacial score (nSPS) is 20.0. The molecule has 0 radical (unpaired) electrons. The summed E-state index contributed by atoms with van der Waals surface area (Å²) in [5.74, 6) is 0.390. The minimum Gasteiger partial charge on any atom is -0.490 e. The molecule has 30 heavy (non-hydrogen) atoms. The number of nitrogens with zero attached hydrogens (tertiary/aromatic N) is 2. The summed E-state index contributed by atoms with van der Waals surface area (Å²) in [5.41, 5.74) is 2.86. The van der Waals surface area contributed by atoms with Gasteiger partial charge < -0.3 is 14.4 Å². The molecular formula is C23H22N2O5. The number of hydrogen-bond donors (Lipinski definition) is 0. The van der Waals surface area contributed by atoms with Gasteiger partial charge in [0, 0.05) is 13.0 Å². The highest BCUT2D eigenvalue weighted by atomic mass is 16.5. The van der Waals surface area contributed by atoms with Crippen molar-refractivity contribution in [1.82, 2.24) is 9.80 Å². The van der Waals surface area contributed by atoms with Gasteiger partial charge in [-0.05, 0) is 48.7 Å². The third kappa shape index (κ3) is 2.93. The predicted molar refractivity (Wildman–Crippen MR) is 108 cm³/mol. The summed E-state index contributed by atoms with van der Waals surface area (Å²) < 4.78 is 11.6. The molecular weight excluding hydrogens is 384 g/mol. The Labute approximate surface area is 174 Å². The van der Waals surface area contributed by atoms with Crippen LogP contribution in [-0.2, 0) is 11.2 Å². The molecule has 0 aromatic heterocycles. The number of imide groups is 1. The summed E-state index contributed by atoms with van der Waals surface area (Å²) in [4.78, 5) is 41.1. The van der Waals surface area contributed by atoms with E-state index in [1.54, 1.807) is 29.2 Å². The molecule has 3 aliphatic rings. The SMILES string of the molecule is C[C@@H]1c2cc3c(cc2CCN1C(=O)CN1C(=O)c2ccccc2C1=O)OCCCO3. The Bertz CT molecular complexity index is 1030. The van der Waals surface area contributed by atoms with Crippen LogP contribution in [-0.4, -0.2) is 53.8 Å². The Kier molecular flexibility index (Phi) is 4.46. The number of hydrogen-bond acceptors (Lipinski definition) is 5. The number of carbonyl (C=O) groups excluding carboxylic acids is 3. The van der Waals surface area contributed by atoms with E-state index >= 15 is 0 Å². The summed E-state index contributed by atoms with van der Waals surface area (Å²) in [6, 6.07) is 10.5. The lowest BCUT2D eigenvalue weighted by molar-refractivity contribution is -0.134. The molecule has 0 N–H and O–H groups in total. The molecule has 3 aliphatic heterocycles. The molecule has 0 saturated heterocycles. The van der Waals surface area contributed by atoms with Crippen molar-refractivity contribution < 1.29 is 23.9 Å². The minimum absolute atomic E-state index is 0.186. The summed E-state index contributed by atoms with van der Waals surface area (Å²) in [6.07, 6.45) is 1.52. The van der Waals surface area contributed by atoms with Crippen LogP contribution in [0.3, 0.4) is 0 Å². The maximum atomic E-state index is 13.1. The molecule has 7 nitrogen and oxygen atoms in total. The number of amides is 3. The maximum absolute atomic E-state index is 13.1. The molecule has 154 valence electrons. The van der Waals surface area contributed by atoms with E-state index in [0.29, 0.717) is 43.1 Å². The van der Waals surface area contributed by atoms with Gasteiger partial charge in [0.2, 0.25) is 5.91 Å². The van der Waals surface area contributed by atoms with Crippen LogP contribution < -0.4 is 9.47 Å². The van der Waals surface area contributed by atoms with E-state index in [1.807, 2.05) is 19.1 Å². The first-order valence-corrected chi connectivity index (χ1v) is 10.2. The van der Waals surface area contributed by atoms with E-state index in [0.717, 1.165) is 28.2 Å². The molecule has 2 aromatic rings. The van der Waals surface area contributed by atoms with Gasteiger partial charge in [-0.15, -0.1) is 0 Å². The quantitative estimate of drug-likeness (QED) is 0.717. The lowest BCUT2D eigenvalue weighted by Crippen LogP contribution is -2.46. The smallest absolute Gasteiger partial charge is 0.262 e. The van der Waals surface area contributed by atoms with Gasteiger partial charge in [-0.3, -0.25) is 19.3 Å². The molecule has 0 spiro atoms. The number of ether oxygens (including phenoxy) is 2. The molecule has 0 aliphatic carbocycles. The average Bonchev–Trinajstić information content (AvgIpc) is 2.91. The zero-order valence-electron chi connectivity index (χ0n) is 16.7. The number of benzene rings is 2. The van der Waals surface area contributed by atoms with Gasteiger partial charge in [-0.2, -0.15) is 0 Å². The van der Waals surface area contributed by atoms with Crippen LogP contribution in [0.25, 0.3) is 0 Å². The molecule has 2 aromatic carbocycles. The number of carbonyl (C=O) groups is 3. The largest absolute Gasteiger partial charge is 0.490 e. The molecule has 0 unspecified atom stereocenters. The third-order valence-electron chi connectivity index (χ3n) is 6.04. The Balaban J connectivity index is 1.36. The first kappa shape index (κ1) is 18.7. The van der Waals surface area contributed by atoms with Gasteiger partial charge in [0.25, 0.3) is 11.8 Å². The summed E-state index contributed by atoms with van der Waals surface area (Å²) >= 11 is 0. The van der Waals surface area contributed by atoms with Crippen LogP contribution in [0.2, 0.25) is 0 Å². The summed E-state index contributed by atoms with van der Waals surface area (Å²) in [6.45, 7) is 3.46. The third-order valence-corrected chi connectivity index (χ3v) is 6.04. The van der Waals surface area contributed by atoms with Crippen molar-refractivity contribution >= 4 is 17.7 Å². The van der Waals surface area contributed by atoms with Crippen molar-refractivity contribution in [3.8, 4) is 11.5 Å². The van der Waals surface area contributed by atoms with Crippen LogP contribution >= 0.6 is 0 Å². The highest BCUT2D eigenvalue weighted by Gasteiger charge is 2.38. The van der Waals surface area contributed by atoms with Gasteiger partial charge in [0.15, 0.2) is 11.5 Å². The van der Waals surface area contributed by atoms with Crippen molar-refractivity contribution in [2.45, 2.75) is 25.8 Å². The fourth-order valence-electron chi connectivity index (χ4n) is 4.42. The molecule has 0 bridgehead atoms. The van der Waals surface area contributed by atoms with E-state index in [4.69, 9.17) is 9.47 Å². The first-order valence-electron chi connectivity index (χ1n) is 10.2. The van der Waals surface area contributed by atoms with Gasteiger partial charge in [0.05, 0.1) is 30.4 Å². The molecule has 3 heterocycles. The molecule has 5 rings (SSSR count). The average molecular weight is 406 g/mol. The molecule has 0 saturated carbocycles. The van der Waals surface area contributed by atoms with Crippen molar-refractivity contribution in [1.29, 1.82) is 0 Å². The van der Waals surface area contributed by atoms with Gasteiger partial charge in [-0.25, -0.2) is 0 Å². The minimum atomic E-state index is -0.412. The molecule has 0 fully saturated rings. The zero-order chi connectivity index (χ0) is 20.8. The standard InChI is InChI=1S/C23H22N2O5/c1-14-18-12-20-19(29-9-4-10-30-20)11-15(18)7-8-24(14)21(26)13-25-22(27)16-5-2-3-6-17(16)23(25)28/h2-3,5-6,11-12,14H,4,7-10,13H2,1H3/t14-/m1/s1. The molecule has 7 heteroatoms. The van der Waals surface area contributed by atoms with Gasteiger partial charge >= 0.3 is 0 Å². The van der Waals surface area contributed by atoms with Crippen LogP contribution in [0.5, 0.6) is 11.5 Å². The highest BCUT2D eigenvalue weighted by Crippen LogP contribution is 2.39. The number of rotatable bonds is 2. The fraction of sp³-hybridized carbons (Fsp3) is 0.348. The highest BCUT2D eigenvalue weighted by molar-refractivity contribution is 6.22. The van der Waals surface area contributed by atoms with E-state index in [2.05, 4.69) is 0 Å². The molecule has 1 atom stereocenters. The van der Waals surface area contributed by atoms with Gasteiger partial charge in [-0.1, -0.05) is 12.1 Å². The first-order chi connectivity index (χ1) is 14.5. The Morgan fingerprint density at radius 2 is 1.67 bits per heavy atom. The van der Waals surface area contributed by atoms with Gasteiger partial charge in [0.1, 0.15) is 6.54 Å². The van der Waals surface area contributed by atoms with Crippen molar-refractivity contribution in [2.24, 2.45) is 0 Å². The van der Waals surface area contributed by atoms with E-state index in [1.165, 1.54) is 0 Å². The van der Waals surface area contributed by atoms with Crippen molar-refractivity contribution in [2.75, 3.05) is 26.3 Å². The Morgan fingerprint density at radius 3 is 2.33 bits per heavy atom. The second-order valence-electron chi connectivity index (χ2n) is 7.80. The Hall–Kier alpha value is -3.35. The van der Waals surface area contributed by atoms with Crippen molar-refractivity contribution in [3.05, 3.63) is 58.7 Å². The summed E-state index contributed by atoms with van der Waals surface area (Å²) in [7, 11) is 0. The Morgan fingerprint density at radius 1 is 1.03 bits per heavy atom. The van der Waals surface area contributed by atoms with Crippen LogP contribution in [0.15, 0.2) is 36.4 Å². The fourth-order valence-corrected chi connectivity index (χ4v) is 4.42. The van der Waals surface area contributed by atoms with E-state index in [9.17, 15) is 14.4 Å². The van der Waals surface area contributed by atoms with Crippen molar-refractivity contribution in [3.63, 3.8) is 0 Å². The maximum Gasteiger partial charge on any atom is 0.262 e. The lowest BCUT2D eigenvalue weighted by atomic mass is 9.92. The predicted octanol–water partition coefficient (Wildman–Crippen LogP) is 2.59. The lowest BCUT2D eigenvalue weighted by Gasteiger charge is -2.36. The van der Waals surface area contributed by atoms with E-state index in [-0.39, 0.29) is 18.5 Å². The zero-order valence-corrected chi connectivity index (χ0v) is 16.7. The topological polar surface area (TPSA) is 76.2 Å². The molecule has 3 amide bonds. The van der Waals surface area contributed by atoms with Crippen LogP contribution in [0, 0.1) is 0 Å².